The molecule has 3 amide bonds. The number of aliphatic hydroxyl groups is 3. The molecule has 3 aromatic carbocycles. The number of nitrogens with two attached hydrogens (primary N) is 2. The molecular formula is C72H90ClF2N5O25S. The summed E-state index contributed by atoms with van der Waals surface area (Å²) in [6, 6.07) is 13.3. The molecule has 5 fully saturated rings. The lowest BCUT2D eigenvalue weighted by Crippen LogP contribution is -2.63. The maximum atomic E-state index is 14.0. The Morgan fingerprint density at radius 2 is 1.63 bits per heavy atom. The van der Waals surface area contributed by atoms with Crippen molar-refractivity contribution in [1.82, 2.24) is 10.2 Å². The number of alkyl halides is 2. The maximum absolute atomic E-state index is 14.0. The number of epoxide rings is 1. The van der Waals surface area contributed by atoms with E-state index in [1.807, 2.05) is 36.6 Å². The van der Waals surface area contributed by atoms with Crippen LogP contribution in [0.5, 0.6) is 34.5 Å². The van der Waals surface area contributed by atoms with Crippen molar-refractivity contribution in [3.05, 3.63) is 110 Å². The van der Waals surface area contributed by atoms with Gasteiger partial charge in [0.05, 0.1) is 69.7 Å². The Labute approximate surface area is 618 Å². The number of carboxylic acids is 1. The molecule has 1 aromatic heterocycles. The molecular weight excluding hydrogens is 1440 g/mol. The van der Waals surface area contributed by atoms with Crippen LogP contribution in [0.3, 0.4) is 0 Å². The highest BCUT2D eigenvalue weighted by atomic mass is 35.5. The number of hydrogen-bond acceptors (Lipinski definition) is 27. The van der Waals surface area contributed by atoms with E-state index in [1.165, 1.54) is 70.5 Å². The first kappa shape index (κ1) is 80.5. The number of rotatable bonds is 16. The molecule has 5 saturated heterocycles. The van der Waals surface area contributed by atoms with Crippen molar-refractivity contribution < 1.29 is 129 Å². The fraction of sp³-hybridized carbons (Fsp3) is 0.556. The number of phenols is 1. The smallest absolute Gasteiger partial charge is 0.409 e. The van der Waals surface area contributed by atoms with E-state index in [-0.39, 0.29) is 80.4 Å². The second kappa shape index (κ2) is 33.2. The highest BCUT2D eigenvalue weighted by Crippen LogP contribution is 2.58. The van der Waals surface area contributed by atoms with Crippen molar-refractivity contribution in [3.8, 4) is 34.5 Å². The summed E-state index contributed by atoms with van der Waals surface area (Å²) in [5, 5.41) is 57.8. The number of likely N-dealkylation sites (N-methyl/N-ethyl adjacent to an activating group) is 1. The van der Waals surface area contributed by atoms with Gasteiger partial charge in [0.15, 0.2) is 46.8 Å². The van der Waals surface area contributed by atoms with Gasteiger partial charge < -0.3 is 113 Å². The number of anilines is 1. The lowest BCUT2D eigenvalue weighted by atomic mass is 9.66. The predicted molar refractivity (Wildman–Crippen MR) is 371 cm³/mol. The maximum Gasteiger partial charge on any atom is 0.409 e. The van der Waals surface area contributed by atoms with Gasteiger partial charge in [-0.15, -0.1) is 11.3 Å². The molecule has 4 bridgehead atoms. The number of fused-ring (bicyclic) bond motifs is 9. The molecule has 10 N–H and O–H groups in total. The number of nitrogens with zero attached hydrogens (tertiary/aromatic N) is 2. The zero-order chi connectivity index (χ0) is 77.2. The minimum absolute atomic E-state index is 0.0242. The average Bonchev–Trinajstić information content (AvgIpc) is 1.50. The Balaban J connectivity index is 0.000000197. The molecule has 0 radical (unpaired) electrons. The van der Waals surface area contributed by atoms with E-state index in [2.05, 4.69) is 5.32 Å². The SMILES string of the molecule is COc1cc([C@@H]2c3cc4c(cc3C(O[C@@H]3O[C@@H]5COC(c6cccs6)O[C@H]5[C@H](O)[C@H]3O)C3COC(=O)[C@@H]32)OCO4)cc(OC)c1O.COc1cc2cc(c1Cl)N(C)C(=O)C[C@H](OC(=O)[C@H](C)N(C)C(C)=O)[C@]1(C)O[C@H]1[C@H](C)[C@@H]1C[C@@](O)(NC(=O)O1)[C@H](OC)/C=C/C=C(\C)C2.NCCCC(N)(C(=O)O)C(F)F. The van der Waals surface area contributed by atoms with Crippen molar-refractivity contribution in [1.29, 1.82) is 0 Å². The van der Waals surface area contributed by atoms with Gasteiger partial charge >= 0.3 is 24.0 Å². The topological polar surface area (TPSA) is 407 Å². The fourth-order valence-corrected chi connectivity index (χ4v) is 15.2. The molecule has 8 aliphatic rings. The first-order valence-electron chi connectivity index (χ1n) is 34.1. The average molecular weight is 1530 g/mol. The number of benzene rings is 3. The van der Waals surface area contributed by atoms with Crippen molar-refractivity contribution in [2.75, 3.05) is 74.0 Å². The Morgan fingerprint density at radius 1 is 0.953 bits per heavy atom. The number of carbonyl (C=O) groups excluding carboxylic acids is 5. The number of aliphatic hydroxyl groups excluding tert-OH is 2. The Kier molecular flexibility index (Phi) is 25.2. The van der Waals surface area contributed by atoms with E-state index in [4.69, 9.17) is 94.5 Å². The number of carboxylic acid groups (broad SMARTS) is 1. The molecule has 34 heteroatoms. The van der Waals surface area contributed by atoms with Crippen LogP contribution in [0.1, 0.15) is 106 Å². The number of carbonyl (C=O) groups is 6. The van der Waals surface area contributed by atoms with Gasteiger partial charge in [-0.25, -0.2) is 23.2 Å². The van der Waals surface area contributed by atoms with E-state index in [0.717, 1.165) is 16.0 Å². The molecule has 106 heavy (non-hydrogen) atoms. The summed E-state index contributed by atoms with van der Waals surface area (Å²) in [6.45, 7) is 8.61. The second-order valence-electron chi connectivity index (χ2n) is 27.3. The Bertz CT molecular complexity index is 3920. The van der Waals surface area contributed by atoms with Crippen molar-refractivity contribution in [3.63, 3.8) is 0 Å². The quantitative estimate of drug-likeness (QED) is 0.0359. The summed E-state index contributed by atoms with van der Waals surface area (Å²) < 4.78 is 106. The lowest BCUT2D eigenvalue weighted by molar-refractivity contribution is -0.368. The van der Waals surface area contributed by atoms with Gasteiger partial charge in [0, 0.05) is 52.3 Å². The van der Waals surface area contributed by atoms with Crippen molar-refractivity contribution >= 4 is 64.4 Å². The zero-order valence-electron chi connectivity index (χ0n) is 60.1. The third kappa shape index (κ3) is 16.5. The van der Waals surface area contributed by atoms with Crippen LogP contribution in [0, 0.1) is 17.8 Å². The van der Waals surface area contributed by atoms with Gasteiger partial charge in [-0.3, -0.25) is 19.7 Å². The molecule has 30 nitrogen and oxygen atoms in total. The number of phenolic OH excluding ortho intramolecular Hbond substituents is 1. The lowest BCUT2D eigenvalue weighted by Gasteiger charge is -2.48. The van der Waals surface area contributed by atoms with Gasteiger partial charge in [-0.2, -0.15) is 0 Å². The van der Waals surface area contributed by atoms with Crippen LogP contribution in [-0.2, 0) is 73.0 Å². The summed E-state index contributed by atoms with van der Waals surface area (Å²) >= 11 is 8.17. The number of allylic oxidation sites excluding steroid dienone is 3. The molecule has 4 unspecified atom stereocenters. The van der Waals surface area contributed by atoms with E-state index >= 15 is 0 Å². The molecule has 0 saturated carbocycles. The van der Waals surface area contributed by atoms with Crippen LogP contribution < -0.4 is 45.4 Å². The summed E-state index contributed by atoms with van der Waals surface area (Å²) in [5.41, 5.74) is 8.69. The van der Waals surface area contributed by atoms with Crippen molar-refractivity contribution in [2.45, 2.75) is 169 Å². The fourth-order valence-electron chi connectivity index (χ4n) is 14.2. The van der Waals surface area contributed by atoms with Crippen LogP contribution in [0.4, 0.5) is 19.3 Å². The highest BCUT2D eigenvalue weighted by molar-refractivity contribution is 7.10. The number of alkyl carbamates (subject to hydrolysis) is 1. The first-order valence-corrected chi connectivity index (χ1v) is 35.4. The van der Waals surface area contributed by atoms with Gasteiger partial charge in [-0.05, 0) is 117 Å². The number of ether oxygens (including phenoxy) is 14. The number of aromatic hydroxyl groups is 1. The second-order valence-corrected chi connectivity index (χ2v) is 28.7. The van der Waals surface area contributed by atoms with Crippen LogP contribution in [-0.4, -0.2) is 220 Å². The number of halogens is 3. The van der Waals surface area contributed by atoms with Crippen LogP contribution >= 0.6 is 22.9 Å². The normalized spacial score (nSPS) is 31.7. The van der Waals surface area contributed by atoms with Crippen molar-refractivity contribution in [2.24, 2.45) is 29.2 Å². The summed E-state index contributed by atoms with van der Waals surface area (Å²) in [5.74, 6) is -4.41. The zero-order valence-corrected chi connectivity index (χ0v) is 61.7. The molecule has 19 atom stereocenters. The molecule has 580 valence electrons. The largest absolute Gasteiger partial charge is 0.502 e. The predicted octanol–water partition coefficient (Wildman–Crippen LogP) is 6.06. The Morgan fingerprint density at radius 3 is 2.25 bits per heavy atom. The van der Waals surface area contributed by atoms with E-state index in [9.17, 15) is 58.0 Å². The van der Waals surface area contributed by atoms with Gasteiger partial charge in [0.25, 0.3) is 6.43 Å². The van der Waals surface area contributed by atoms with Crippen LogP contribution in [0.2, 0.25) is 5.02 Å². The molecule has 0 spiro atoms. The number of nitrogens with one attached hydrogen (secondary N) is 1. The number of thiophene rings is 1. The van der Waals surface area contributed by atoms with Crippen LogP contribution in [0.15, 0.2) is 77.7 Å². The number of aliphatic carboxylic acids is 1. The third-order valence-electron chi connectivity index (χ3n) is 20.6. The minimum Gasteiger partial charge on any atom is -0.502 e. The number of esters is 2. The number of cyclic esters (lactones) is 1. The number of methoxy groups -OCH3 is 4. The molecule has 1 aliphatic carbocycles. The molecule has 4 aromatic rings. The van der Waals surface area contributed by atoms with E-state index < -0.39 is 150 Å². The van der Waals surface area contributed by atoms with Gasteiger partial charge in [0.1, 0.15) is 65.1 Å². The van der Waals surface area contributed by atoms with Crippen LogP contribution in [0.25, 0.3) is 0 Å². The molecule has 7 aliphatic heterocycles. The standard InChI is InChI=1S/C34H46ClN3O10.C32H32O13S.C6H12F2N2O2/c1-18-11-10-12-26(45-9)34(43)17-25(46-32(42)36-34)19(2)30-33(5,48-30)27(47-31(41)20(3)37(6)21(4)39)16-28(40)38(7)23-14-22(13-18)15-24(44-8)29(23)35;1-37-19-6-13(7-20(38-2)25(19)33)23-14-8-17-18(42-12-41-17)9-15(14)28(16-10-39-30(36)24(16)23)44-32-27(35)26(34)29-21(43-32)11-40-31(45-29)22-4-3-5-46-22;7-4(8)6(10,5(11)12)2-1-3-9/h10-12,14-15,19-20,25-27,30,43H,13,16-17H2,1-9H3,(H,36,42);3-9,16,21,23-24,26-29,31-35H,10-12H2,1-2H3;4H,1-3,9-10H2,(H,11,12)/b12-10+,18-11+;;/t19-,20+,25+,26-,27+,30+,33+,34+;16?,21-,23-,24+,26-,27-,28?,29-,31?,32+;/m11./s1. The molecule has 8 heterocycles. The first-order chi connectivity index (χ1) is 50.3. The van der Waals surface area contributed by atoms with Gasteiger partial charge in [-0.1, -0.05) is 48.4 Å². The minimum atomic E-state index is -3.07. The molecule has 12 rings (SSSR count). The Hall–Kier alpha value is -8.03. The number of amides is 3. The third-order valence-corrected chi connectivity index (χ3v) is 21.9. The van der Waals surface area contributed by atoms with E-state index in [0.29, 0.717) is 46.0 Å². The highest BCUT2D eigenvalue weighted by Gasteiger charge is 2.65. The number of hydrogen-bond donors (Lipinski definition) is 8. The monoisotopic (exact) mass is 1530 g/mol. The van der Waals surface area contributed by atoms with Gasteiger partial charge in [0.2, 0.25) is 24.4 Å². The summed E-state index contributed by atoms with van der Waals surface area (Å²) in [6.07, 6.45) is -9.35. The summed E-state index contributed by atoms with van der Waals surface area (Å²) in [4.78, 5) is 79.4. The summed E-state index contributed by atoms with van der Waals surface area (Å²) in [7, 11) is 8.83. The van der Waals surface area contributed by atoms with E-state index in [1.54, 1.807) is 63.4 Å².